The zero-order chi connectivity index (χ0) is 16.2. The van der Waals surface area contributed by atoms with Crippen LogP contribution in [0.15, 0.2) is 48.5 Å². The lowest BCUT2D eigenvalue weighted by Crippen LogP contribution is -2.36. The molecular formula is C19H19NO3. The first-order valence-corrected chi connectivity index (χ1v) is 7.72. The van der Waals surface area contributed by atoms with E-state index in [9.17, 15) is 9.59 Å². The number of rotatable bonds is 3. The van der Waals surface area contributed by atoms with Crippen molar-refractivity contribution in [2.75, 3.05) is 6.54 Å². The summed E-state index contributed by atoms with van der Waals surface area (Å²) in [5, 5.41) is 0. The zero-order valence-electron chi connectivity index (χ0n) is 13.1. The monoisotopic (exact) mass is 309 g/mol. The molecule has 1 aliphatic rings. The van der Waals surface area contributed by atoms with Crippen molar-refractivity contribution in [3.8, 4) is 0 Å². The largest absolute Gasteiger partial charge is 0.445 e. The summed E-state index contributed by atoms with van der Waals surface area (Å²) in [6.45, 7) is 2.92. The molecule has 0 saturated carbocycles. The topological polar surface area (TPSA) is 46.6 Å². The lowest BCUT2D eigenvalue weighted by atomic mass is 9.93. The van der Waals surface area contributed by atoms with Crippen molar-refractivity contribution in [3.63, 3.8) is 0 Å². The van der Waals surface area contributed by atoms with Crippen LogP contribution < -0.4 is 0 Å². The van der Waals surface area contributed by atoms with Crippen LogP contribution in [0.25, 0.3) is 0 Å². The van der Waals surface area contributed by atoms with Crippen molar-refractivity contribution in [1.29, 1.82) is 0 Å². The van der Waals surface area contributed by atoms with Crippen LogP contribution in [-0.4, -0.2) is 23.3 Å². The van der Waals surface area contributed by atoms with E-state index >= 15 is 0 Å². The van der Waals surface area contributed by atoms with Gasteiger partial charge in [-0.15, -0.1) is 0 Å². The SMILES string of the molecule is CC(=O)c1cccc2c1CCN(C(=O)OCc1ccccc1)C2. The molecule has 1 aliphatic heterocycles. The minimum atomic E-state index is -0.312. The maximum absolute atomic E-state index is 12.2. The minimum absolute atomic E-state index is 0.0713. The number of ether oxygens (including phenoxy) is 1. The fraction of sp³-hybridized carbons (Fsp3) is 0.263. The quantitative estimate of drug-likeness (QED) is 0.814. The van der Waals surface area contributed by atoms with Crippen molar-refractivity contribution < 1.29 is 14.3 Å². The molecule has 2 aromatic rings. The third-order valence-electron chi connectivity index (χ3n) is 4.11. The van der Waals surface area contributed by atoms with Crippen LogP contribution in [0.3, 0.4) is 0 Å². The number of carbonyl (C=O) groups is 2. The van der Waals surface area contributed by atoms with Crippen LogP contribution in [0, 0.1) is 0 Å². The van der Waals surface area contributed by atoms with E-state index in [-0.39, 0.29) is 18.5 Å². The molecule has 0 aliphatic carbocycles. The number of benzene rings is 2. The van der Waals surface area contributed by atoms with Gasteiger partial charge in [-0.25, -0.2) is 4.79 Å². The van der Waals surface area contributed by atoms with Gasteiger partial charge >= 0.3 is 6.09 Å². The van der Waals surface area contributed by atoms with E-state index in [1.54, 1.807) is 11.8 Å². The molecule has 2 aromatic carbocycles. The molecule has 23 heavy (non-hydrogen) atoms. The van der Waals surface area contributed by atoms with Gasteiger partial charge in [0, 0.05) is 18.7 Å². The van der Waals surface area contributed by atoms with Crippen molar-refractivity contribution in [2.24, 2.45) is 0 Å². The highest BCUT2D eigenvalue weighted by molar-refractivity contribution is 5.96. The summed E-state index contributed by atoms with van der Waals surface area (Å²) < 4.78 is 5.38. The van der Waals surface area contributed by atoms with Crippen LogP contribution in [0.5, 0.6) is 0 Å². The number of ketones is 1. The first kappa shape index (κ1) is 15.3. The van der Waals surface area contributed by atoms with Crippen LogP contribution in [0.1, 0.15) is 34.0 Å². The number of hydrogen-bond donors (Lipinski definition) is 0. The second kappa shape index (κ2) is 6.65. The zero-order valence-corrected chi connectivity index (χ0v) is 13.1. The Morgan fingerprint density at radius 2 is 1.87 bits per heavy atom. The average molecular weight is 309 g/mol. The Hall–Kier alpha value is -2.62. The fourth-order valence-corrected chi connectivity index (χ4v) is 2.91. The maximum Gasteiger partial charge on any atom is 0.410 e. The van der Waals surface area contributed by atoms with Crippen LogP contribution in [0.2, 0.25) is 0 Å². The number of amides is 1. The molecule has 118 valence electrons. The third-order valence-corrected chi connectivity index (χ3v) is 4.11. The molecule has 1 amide bonds. The van der Waals surface area contributed by atoms with Crippen LogP contribution in [-0.2, 0) is 24.3 Å². The normalized spacial score (nSPS) is 13.3. The lowest BCUT2D eigenvalue weighted by Gasteiger charge is -2.29. The van der Waals surface area contributed by atoms with Crippen molar-refractivity contribution >= 4 is 11.9 Å². The number of nitrogens with zero attached hydrogens (tertiary/aromatic N) is 1. The Balaban J connectivity index is 1.66. The summed E-state index contributed by atoms with van der Waals surface area (Å²) >= 11 is 0. The number of hydrogen-bond acceptors (Lipinski definition) is 3. The molecular weight excluding hydrogens is 290 g/mol. The van der Waals surface area contributed by atoms with E-state index < -0.39 is 0 Å². The van der Waals surface area contributed by atoms with Gasteiger partial charge in [-0.2, -0.15) is 0 Å². The molecule has 0 N–H and O–H groups in total. The van der Waals surface area contributed by atoms with Gasteiger partial charge in [0.05, 0.1) is 0 Å². The fourth-order valence-electron chi connectivity index (χ4n) is 2.91. The summed E-state index contributed by atoms with van der Waals surface area (Å²) in [6.07, 6.45) is 0.374. The molecule has 0 spiro atoms. The summed E-state index contributed by atoms with van der Waals surface area (Å²) in [5.74, 6) is 0.0713. The molecule has 0 radical (unpaired) electrons. The molecule has 0 bridgehead atoms. The second-order valence-corrected chi connectivity index (χ2v) is 5.71. The minimum Gasteiger partial charge on any atom is -0.445 e. The van der Waals surface area contributed by atoms with Gasteiger partial charge in [0.15, 0.2) is 5.78 Å². The average Bonchev–Trinajstić information content (AvgIpc) is 2.59. The highest BCUT2D eigenvalue weighted by Crippen LogP contribution is 2.23. The smallest absolute Gasteiger partial charge is 0.410 e. The number of carbonyl (C=O) groups excluding carboxylic acids is 2. The summed E-state index contributed by atoms with van der Waals surface area (Å²) in [7, 11) is 0. The van der Waals surface area contributed by atoms with Crippen LogP contribution >= 0.6 is 0 Å². The van der Waals surface area contributed by atoms with Gasteiger partial charge in [0.25, 0.3) is 0 Å². The number of fused-ring (bicyclic) bond motifs is 1. The summed E-state index contributed by atoms with van der Waals surface area (Å²) in [4.78, 5) is 25.6. The first-order valence-electron chi connectivity index (χ1n) is 7.72. The molecule has 0 atom stereocenters. The van der Waals surface area contributed by atoms with Gasteiger partial charge < -0.3 is 9.64 Å². The first-order chi connectivity index (χ1) is 11.1. The molecule has 3 rings (SSSR count). The van der Waals surface area contributed by atoms with E-state index in [0.29, 0.717) is 19.5 Å². The molecule has 1 heterocycles. The standard InChI is InChI=1S/C19H19NO3/c1-14(21)17-9-5-8-16-12-20(11-10-18(16)17)19(22)23-13-15-6-3-2-4-7-15/h2-9H,10-13H2,1H3. The Kier molecular flexibility index (Phi) is 4.42. The van der Waals surface area contributed by atoms with E-state index in [4.69, 9.17) is 4.74 Å². The van der Waals surface area contributed by atoms with E-state index in [2.05, 4.69) is 0 Å². The van der Waals surface area contributed by atoms with E-state index in [1.165, 1.54) is 0 Å². The molecule has 0 aromatic heterocycles. The van der Waals surface area contributed by atoms with Gasteiger partial charge in [0.1, 0.15) is 6.61 Å². The number of Topliss-reactive ketones (excluding diaryl/α,β-unsaturated/α-hetero) is 1. The Bertz CT molecular complexity index is 725. The highest BCUT2D eigenvalue weighted by Gasteiger charge is 2.24. The molecule has 0 fully saturated rings. The predicted molar refractivity (Wildman–Crippen MR) is 87.2 cm³/mol. The van der Waals surface area contributed by atoms with Gasteiger partial charge in [-0.1, -0.05) is 48.5 Å². The second-order valence-electron chi connectivity index (χ2n) is 5.71. The van der Waals surface area contributed by atoms with Crippen LogP contribution in [0.4, 0.5) is 4.79 Å². The Morgan fingerprint density at radius 1 is 1.09 bits per heavy atom. The summed E-state index contributed by atoms with van der Waals surface area (Å²) in [6, 6.07) is 15.3. The van der Waals surface area contributed by atoms with Gasteiger partial charge in [-0.3, -0.25) is 4.79 Å². The highest BCUT2D eigenvalue weighted by atomic mass is 16.6. The lowest BCUT2D eigenvalue weighted by molar-refractivity contribution is 0.0917. The Labute approximate surface area is 135 Å². The molecule has 4 heteroatoms. The van der Waals surface area contributed by atoms with E-state index in [1.807, 2.05) is 48.5 Å². The maximum atomic E-state index is 12.2. The molecule has 0 unspecified atom stereocenters. The van der Waals surface area contributed by atoms with Crippen molar-refractivity contribution in [3.05, 3.63) is 70.8 Å². The van der Waals surface area contributed by atoms with Gasteiger partial charge in [-0.05, 0) is 30.0 Å². The molecule has 4 nitrogen and oxygen atoms in total. The molecule has 0 saturated heterocycles. The van der Waals surface area contributed by atoms with Gasteiger partial charge in [0.2, 0.25) is 0 Å². The van der Waals surface area contributed by atoms with Crippen molar-refractivity contribution in [1.82, 2.24) is 4.90 Å². The predicted octanol–water partition coefficient (Wildman–Crippen LogP) is 3.58. The van der Waals surface area contributed by atoms with Crippen molar-refractivity contribution in [2.45, 2.75) is 26.5 Å². The third kappa shape index (κ3) is 3.42. The summed E-state index contributed by atoms with van der Waals surface area (Å²) in [5.41, 5.74) is 3.82. The Morgan fingerprint density at radius 3 is 2.61 bits per heavy atom. The van der Waals surface area contributed by atoms with E-state index in [0.717, 1.165) is 22.3 Å².